The zero-order valence-electron chi connectivity index (χ0n) is 11.9. The first-order valence-electron chi connectivity index (χ1n) is 7.14. The van der Waals surface area contributed by atoms with Gasteiger partial charge in [0.2, 0.25) is 5.91 Å². The minimum absolute atomic E-state index is 0.0149. The van der Waals surface area contributed by atoms with Crippen molar-refractivity contribution < 1.29 is 9.90 Å². The summed E-state index contributed by atoms with van der Waals surface area (Å²) in [6, 6.07) is 5.22. The normalized spacial score (nSPS) is 25.6. The molecule has 1 aromatic rings. The molecule has 116 valence electrons. The second-order valence-electron chi connectivity index (χ2n) is 5.41. The molecule has 3 N–H and O–H groups in total. The maximum absolute atomic E-state index is 12.2. The summed E-state index contributed by atoms with van der Waals surface area (Å²) in [6.45, 7) is 2.89. The quantitative estimate of drug-likeness (QED) is 0.795. The van der Waals surface area contributed by atoms with Crippen LogP contribution in [0.25, 0.3) is 0 Å². The van der Waals surface area contributed by atoms with Gasteiger partial charge in [0.05, 0.1) is 5.92 Å². The highest BCUT2D eigenvalue weighted by Gasteiger charge is 2.31. The van der Waals surface area contributed by atoms with E-state index >= 15 is 0 Å². The van der Waals surface area contributed by atoms with E-state index in [2.05, 4.69) is 10.6 Å². The Kier molecular flexibility index (Phi) is 5.88. The lowest BCUT2D eigenvalue weighted by Gasteiger charge is -2.33. The second-order valence-corrected chi connectivity index (χ2v) is 6.25. The number of hydrogen-bond acceptors (Lipinski definition) is 3. The monoisotopic (exact) mass is 330 g/mol. The van der Waals surface area contributed by atoms with Gasteiger partial charge in [0.15, 0.2) is 0 Å². The number of aliphatic hydroxyl groups excluding tert-OH is 1. The van der Waals surface area contributed by atoms with Gasteiger partial charge in [-0.3, -0.25) is 10.1 Å². The molecular weight excluding hydrogens is 311 g/mol. The summed E-state index contributed by atoms with van der Waals surface area (Å²) in [5.41, 5.74) is 0.838. The van der Waals surface area contributed by atoms with Gasteiger partial charge in [-0.1, -0.05) is 36.2 Å². The number of rotatable bonds is 4. The van der Waals surface area contributed by atoms with Crippen LogP contribution >= 0.6 is 23.2 Å². The predicted molar refractivity (Wildman–Crippen MR) is 84.2 cm³/mol. The van der Waals surface area contributed by atoms with Gasteiger partial charge in [-0.05, 0) is 36.5 Å². The second kappa shape index (κ2) is 7.45. The van der Waals surface area contributed by atoms with E-state index < -0.39 is 6.23 Å². The first kappa shape index (κ1) is 16.6. The summed E-state index contributed by atoms with van der Waals surface area (Å²) in [6.07, 6.45) is 1.04. The van der Waals surface area contributed by atoms with Gasteiger partial charge in [0.25, 0.3) is 0 Å². The topological polar surface area (TPSA) is 61.4 Å². The third-order valence-electron chi connectivity index (χ3n) is 3.97. The molecule has 3 atom stereocenters. The molecule has 1 saturated heterocycles. The van der Waals surface area contributed by atoms with Crippen molar-refractivity contribution in [3.63, 3.8) is 0 Å². The van der Waals surface area contributed by atoms with Gasteiger partial charge < -0.3 is 10.4 Å². The summed E-state index contributed by atoms with van der Waals surface area (Å²) in [4.78, 5) is 12.2. The van der Waals surface area contributed by atoms with Crippen molar-refractivity contribution in [2.45, 2.75) is 32.5 Å². The lowest BCUT2D eigenvalue weighted by molar-refractivity contribution is -0.127. The van der Waals surface area contributed by atoms with Gasteiger partial charge in [0, 0.05) is 23.1 Å². The Bertz CT molecular complexity index is 510. The molecule has 1 aliphatic heterocycles. The highest BCUT2D eigenvalue weighted by molar-refractivity contribution is 6.35. The number of halogens is 2. The van der Waals surface area contributed by atoms with Crippen LogP contribution in [0.2, 0.25) is 10.0 Å². The average molecular weight is 331 g/mol. The van der Waals surface area contributed by atoms with Crippen molar-refractivity contribution in [2.24, 2.45) is 11.8 Å². The molecule has 0 aromatic heterocycles. The number of carbonyl (C=O) groups excluding carboxylic acids is 1. The Balaban J connectivity index is 1.90. The smallest absolute Gasteiger partial charge is 0.224 e. The minimum Gasteiger partial charge on any atom is -0.378 e. The molecule has 0 bridgehead atoms. The Labute approximate surface area is 134 Å². The molecular formula is C15H20Cl2N2O2. The molecule has 1 heterocycles. The fourth-order valence-electron chi connectivity index (χ4n) is 2.59. The van der Waals surface area contributed by atoms with E-state index in [0.717, 1.165) is 12.0 Å². The maximum Gasteiger partial charge on any atom is 0.224 e. The van der Waals surface area contributed by atoms with E-state index in [-0.39, 0.29) is 17.7 Å². The minimum atomic E-state index is -0.509. The zero-order valence-corrected chi connectivity index (χ0v) is 13.4. The molecule has 1 aromatic carbocycles. The third kappa shape index (κ3) is 4.33. The van der Waals surface area contributed by atoms with Crippen LogP contribution in [0, 0.1) is 11.8 Å². The SMILES string of the molecule is CCC1CC(C(=O)NCc2ccc(Cl)cc2Cl)CNC1O. The Hall–Kier alpha value is -0.810. The largest absolute Gasteiger partial charge is 0.378 e. The lowest BCUT2D eigenvalue weighted by Crippen LogP contribution is -2.49. The number of carbonyl (C=O) groups is 1. The summed E-state index contributed by atoms with van der Waals surface area (Å²) in [5, 5.41) is 16.8. The van der Waals surface area contributed by atoms with Crippen LogP contribution in [-0.2, 0) is 11.3 Å². The Morgan fingerprint density at radius 2 is 2.24 bits per heavy atom. The summed E-state index contributed by atoms with van der Waals surface area (Å²) >= 11 is 11.9. The third-order valence-corrected chi connectivity index (χ3v) is 4.56. The standard InChI is InChI=1S/C15H20Cl2N2O2/c1-2-9-5-11(8-19-14(9)20)15(21)18-7-10-3-4-12(16)6-13(10)17/h3-4,6,9,11,14,19-20H,2,5,7-8H2,1H3,(H,18,21). The van der Waals surface area contributed by atoms with Crippen molar-refractivity contribution in [1.82, 2.24) is 10.6 Å². The van der Waals surface area contributed by atoms with Crippen LogP contribution in [0.4, 0.5) is 0 Å². The molecule has 2 rings (SSSR count). The van der Waals surface area contributed by atoms with Crippen LogP contribution in [0.5, 0.6) is 0 Å². The molecule has 1 fully saturated rings. The molecule has 21 heavy (non-hydrogen) atoms. The molecule has 3 unspecified atom stereocenters. The van der Waals surface area contributed by atoms with E-state index in [1.54, 1.807) is 12.1 Å². The maximum atomic E-state index is 12.2. The molecule has 6 heteroatoms. The van der Waals surface area contributed by atoms with Crippen LogP contribution < -0.4 is 10.6 Å². The van der Waals surface area contributed by atoms with Crippen molar-refractivity contribution in [3.8, 4) is 0 Å². The highest BCUT2D eigenvalue weighted by atomic mass is 35.5. The molecule has 4 nitrogen and oxygen atoms in total. The van der Waals surface area contributed by atoms with Crippen molar-refractivity contribution in [2.75, 3.05) is 6.54 Å². The average Bonchev–Trinajstić information content (AvgIpc) is 2.46. The Morgan fingerprint density at radius 3 is 2.90 bits per heavy atom. The lowest BCUT2D eigenvalue weighted by atomic mass is 9.87. The van der Waals surface area contributed by atoms with E-state index in [4.69, 9.17) is 23.2 Å². The molecule has 0 saturated carbocycles. The van der Waals surface area contributed by atoms with Gasteiger partial charge >= 0.3 is 0 Å². The van der Waals surface area contributed by atoms with Crippen molar-refractivity contribution in [3.05, 3.63) is 33.8 Å². The molecule has 0 radical (unpaired) electrons. The van der Waals surface area contributed by atoms with Gasteiger partial charge in [-0.2, -0.15) is 0 Å². The summed E-state index contributed by atoms with van der Waals surface area (Å²) < 4.78 is 0. The van der Waals surface area contributed by atoms with Gasteiger partial charge in [-0.25, -0.2) is 0 Å². The van der Waals surface area contributed by atoms with Gasteiger partial charge in [-0.15, -0.1) is 0 Å². The number of benzene rings is 1. The molecule has 0 spiro atoms. The van der Waals surface area contributed by atoms with Crippen LogP contribution in [0.3, 0.4) is 0 Å². The number of amides is 1. The van der Waals surface area contributed by atoms with Crippen molar-refractivity contribution >= 4 is 29.1 Å². The molecule has 1 amide bonds. The number of piperidine rings is 1. The molecule has 0 aliphatic carbocycles. The van der Waals surface area contributed by atoms with E-state index in [0.29, 0.717) is 29.6 Å². The van der Waals surface area contributed by atoms with Crippen LogP contribution in [0.1, 0.15) is 25.3 Å². The zero-order chi connectivity index (χ0) is 15.4. The van der Waals surface area contributed by atoms with Crippen molar-refractivity contribution in [1.29, 1.82) is 0 Å². The number of nitrogens with one attached hydrogen (secondary N) is 2. The first-order valence-corrected chi connectivity index (χ1v) is 7.90. The first-order chi connectivity index (χ1) is 10.0. The van der Waals surface area contributed by atoms with E-state index in [1.165, 1.54) is 0 Å². The fraction of sp³-hybridized carbons (Fsp3) is 0.533. The van der Waals surface area contributed by atoms with E-state index in [1.807, 2.05) is 13.0 Å². The van der Waals surface area contributed by atoms with Gasteiger partial charge in [0.1, 0.15) is 6.23 Å². The fourth-order valence-corrected chi connectivity index (χ4v) is 3.06. The predicted octanol–water partition coefficient (Wildman–Crippen LogP) is 2.56. The van der Waals surface area contributed by atoms with Crippen LogP contribution in [-0.4, -0.2) is 23.8 Å². The number of hydrogen-bond donors (Lipinski definition) is 3. The molecule has 1 aliphatic rings. The van der Waals surface area contributed by atoms with Crippen LogP contribution in [0.15, 0.2) is 18.2 Å². The summed E-state index contributed by atoms with van der Waals surface area (Å²) in [7, 11) is 0. The highest BCUT2D eigenvalue weighted by Crippen LogP contribution is 2.24. The van der Waals surface area contributed by atoms with E-state index in [9.17, 15) is 9.90 Å². The number of aliphatic hydroxyl groups is 1. The Morgan fingerprint density at radius 1 is 1.48 bits per heavy atom. The summed E-state index contributed by atoms with van der Waals surface area (Å²) in [5.74, 6) is -0.0167.